The van der Waals surface area contributed by atoms with Gasteiger partial charge in [0.25, 0.3) is 5.91 Å². The van der Waals surface area contributed by atoms with Crippen LogP contribution in [0.3, 0.4) is 0 Å². The van der Waals surface area contributed by atoms with E-state index in [1.807, 2.05) is 59.5 Å². The van der Waals surface area contributed by atoms with Gasteiger partial charge in [0, 0.05) is 11.4 Å². The molecule has 0 fully saturated rings. The van der Waals surface area contributed by atoms with Crippen LogP contribution in [0.2, 0.25) is 0 Å². The zero-order chi connectivity index (χ0) is 20.4. The topological polar surface area (TPSA) is 41.6 Å². The predicted octanol–water partition coefficient (Wildman–Crippen LogP) is 5.86. The fourth-order valence-corrected chi connectivity index (χ4v) is 3.59. The number of nitrogens with one attached hydrogen (secondary N) is 1. The van der Waals surface area contributed by atoms with Crippen LogP contribution in [0.4, 0.5) is 11.4 Å². The highest BCUT2D eigenvalue weighted by Crippen LogP contribution is 2.37. The molecule has 1 N–H and O–H groups in total. The number of hydrogen-bond donors (Lipinski definition) is 1. The number of rotatable bonds is 5. The number of fused-ring (bicyclic) bond motifs is 1. The molecule has 3 aromatic rings. The maximum absolute atomic E-state index is 13.5. The molecule has 0 saturated carbocycles. The zero-order valence-corrected chi connectivity index (χ0v) is 17.1. The van der Waals surface area contributed by atoms with E-state index >= 15 is 0 Å². The fraction of sp³-hybridized carbons (Fsp3) is 0.240. The van der Waals surface area contributed by atoms with Gasteiger partial charge in [-0.1, -0.05) is 37.3 Å². The number of para-hydroxylation sites is 1. The van der Waals surface area contributed by atoms with Crippen molar-refractivity contribution in [3.05, 3.63) is 89.0 Å². The fourth-order valence-electron chi connectivity index (χ4n) is 3.59. The van der Waals surface area contributed by atoms with E-state index in [1.54, 1.807) is 0 Å². The van der Waals surface area contributed by atoms with Crippen molar-refractivity contribution < 1.29 is 9.53 Å². The maximum atomic E-state index is 13.5. The maximum Gasteiger partial charge on any atom is 0.262 e. The van der Waals surface area contributed by atoms with Crippen LogP contribution in [-0.2, 0) is 0 Å². The first-order valence-electron chi connectivity index (χ1n) is 10.1. The van der Waals surface area contributed by atoms with E-state index in [0.29, 0.717) is 12.2 Å². The number of carbonyl (C=O) groups excluding carboxylic acids is 1. The van der Waals surface area contributed by atoms with Gasteiger partial charge in [-0.25, -0.2) is 0 Å². The summed E-state index contributed by atoms with van der Waals surface area (Å²) in [5.74, 6) is 0.842. The molecule has 4 rings (SSSR count). The number of nitrogens with zero attached hydrogens (tertiary/aromatic N) is 1. The van der Waals surface area contributed by atoms with E-state index in [2.05, 4.69) is 38.2 Å². The van der Waals surface area contributed by atoms with E-state index in [4.69, 9.17) is 4.74 Å². The molecular formula is C25H26N2O2. The van der Waals surface area contributed by atoms with Gasteiger partial charge in [0.1, 0.15) is 11.9 Å². The first-order valence-corrected chi connectivity index (χ1v) is 10.1. The number of hydrogen-bond acceptors (Lipinski definition) is 3. The molecule has 4 heteroatoms. The Morgan fingerprint density at radius 3 is 2.45 bits per heavy atom. The van der Waals surface area contributed by atoms with Crippen LogP contribution in [0, 0.1) is 13.8 Å². The third-order valence-electron chi connectivity index (χ3n) is 5.36. The van der Waals surface area contributed by atoms with Gasteiger partial charge in [-0.15, -0.1) is 0 Å². The Morgan fingerprint density at radius 2 is 1.72 bits per heavy atom. The Morgan fingerprint density at radius 1 is 0.966 bits per heavy atom. The second-order valence-electron chi connectivity index (χ2n) is 7.45. The summed E-state index contributed by atoms with van der Waals surface area (Å²) in [6, 6.07) is 21.8. The summed E-state index contributed by atoms with van der Waals surface area (Å²) in [4.78, 5) is 15.3. The largest absolute Gasteiger partial charge is 0.494 e. The van der Waals surface area contributed by atoms with E-state index in [9.17, 15) is 4.79 Å². The SMILES string of the molecule is CCCOc1ccc([C@@H]2Nc3ccccc3C(=O)N2c2ccc(C)c(C)c2)cc1. The van der Waals surface area contributed by atoms with Gasteiger partial charge in [0.15, 0.2) is 0 Å². The summed E-state index contributed by atoms with van der Waals surface area (Å²) in [6.07, 6.45) is 0.678. The average Bonchev–Trinajstić information content (AvgIpc) is 2.75. The standard InChI is InChI=1S/C25H26N2O2/c1-4-15-29-21-13-10-19(11-14-21)24-26-23-8-6-5-7-22(23)25(28)27(24)20-12-9-17(2)18(3)16-20/h5-14,16,24,26H,4,15H2,1-3H3/t24-/m1/s1. The van der Waals surface area contributed by atoms with Crippen molar-refractivity contribution in [1.82, 2.24) is 0 Å². The lowest BCUT2D eigenvalue weighted by Gasteiger charge is -2.38. The van der Waals surface area contributed by atoms with E-state index in [-0.39, 0.29) is 12.1 Å². The Balaban J connectivity index is 1.76. The summed E-state index contributed by atoms with van der Waals surface area (Å²) in [7, 11) is 0. The van der Waals surface area contributed by atoms with Crippen molar-refractivity contribution in [3.8, 4) is 5.75 Å². The molecule has 0 saturated heterocycles. The second kappa shape index (κ2) is 8.00. The van der Waals surface area contributed by atoms with Crippen molar-refractivity contribution in [3.63, 3.8) is 0 Å². The number of ether oxygens (including phenoxy) is 1. The average molecular weight is 386 g/mol. The van der Waals surface area contributed by atoms with Crippen LogP contribution < -0.4 is 15.0 Å². The Labute approximate surface area is 172 Å². The van der Waals surface area contributed by atoms with Crippen molar-refractivity contribution in [1.29, 1.82) is 0 Å². The summed E-state index contributed by atoms with van der Waals surface area (Å²) in [5.41, 5.74) is 5.81. The van der Waals surface area contributed by atoms with Crippen molar-refractivity contribution in [2.75, 3.05) is 16.8 Å². The molecule has 0 spiro atoms. The van der Waals surface area contributed by atoms with Gasteiger partial charge in [0.2, 0.25) is 0 Å². The molecule has 148 valence electrons. The van der Waals surface area contributed by atoms with Gasteiger partial charge in [-0.3, -0.25) is 9.69 Å². The highest BCUT2D eigenvalue weighted by molar-refractivity contribution is 6.12. The lowest BCUT2D eigenvalue weighted by atomic mass is 10.0. The normalized spacial score (nSPS) is 15.6. The number of carbonyl (C=O) groups is 1. The van der Waals surface area contributed by atoms with Crippen LogP contribution in [0.25, 0.3) is 0 Å². The molecule has 1 atom stereocenters. The Bertz CT molecular complexity index is 1030. The molecule has 1 amide bonds. The van der Waals surface area contributed by atoms with Crippen molar-refractivity contribution in [2.24, 2.45) is 0 Å². The summed E-state index contributed by atoms with van der Waals surface area (Å²) >= 11 is 0. The molecule has 0 aromatic heterocycles. The molecule has 0 bridgehead atoms. The Kier molecular flexibility index (Phi) is 5.26. The molecule has 1 aliphatic rings. The van der Waals surface area contributed by atoms with Crippen LogP contribution in [0.5, 0.6) is 5.75 Å². The number of aryl methyl sites for hydroxylation is 2. The first kappa shape index (κ1) is 19.1. The number of amides is 1. The van der Waals surface area contributed by atoms with Crippen LogP contribution in [-0.4, -0.2) is 12.5 Å². The third kappa shape index (κ3) is 3.70. The second-order valence-corrected chi connectivity index (χ2v) is 7.45. The summed E-state index contributed by atoms with van der Waals surface area (Å²) in [6.45, 7) is 6.94. The zero-order valence-electron chi connectivity index (χ0n) is 17.1. The van der Waals surface area contributed by atoms with Crippen molar-refractivity contribution >= 4 is 17.3 Å². The van der Waals surface area contributed by atoms with Gasteiger partial charge < -0.3 is 10.1 Å². The van der Waals surface area contributed by atoms with Crippen LogP contribution in [0.1, 0.15) is 46.6 Å². The lowest BCUT2D eigenvalue weighted by molar-refractivity contribution is 0.0975. The first-order chi connectivity index (χ1) is 14.1. The summed E-state index contributed by atoms with van der Waals surface area (Å²) < 4.78 is 5.71. The molecule has 0 radical (unpaired) electrons. The minimum atomic E-state index is -0.292. The van der Waals surface area contributed by atoms with Gasteiger partial charge >= 0.3 is 0 Å². The quantitative estimate of drug-likeness (QED) is 0.597. The van der Waals surface area contributed by atoms with Gasteiger partial charge in [-0.05, 0) is 73.4 Å². The van der Waals surface area contributed by atoms with E-state index in [1.165, 1.54) is 5.56 Å². The Hall–Kier alpha value is -3.27. The smallest absolute Gasteiger partial charge is 0.262 e. The monoisotopic (exact) mass is 386 g/mol. The lowest BCUT2D eigenvalue weighted by Crippen LogP contribution is -2.43. The molecule has 3 aromatic carbocycles. The minimum Gasteiger partial charge on any atom is -0.494 e. The summed E-state index contributed by atoms with van der Waals surface area (Å²) in [5, 5.41) is 3.55. The number of benzene rings is 3. The van der Waals surface area contributed by atoms with Crippen LogP contribution in [0.15, 0.2) is 66.7 Å². The molecule has 0 aliphatic carbocycles. The van der Waals surface area contributed by atoms with Gasteiger partial charge in [0.05, 0.1) is 12.2 Å². The highest BCUT2D eigenvalue weighted by Gasteiger charge is 2.34. The predicted molar refractivity (Wildman–Crippen MR) is 118 cm³/mol. The van der Waals surface area contributed by atoms with E-state index in [0.717, 1.165) is 34.7 Å². The molecule has 1 aliphatic heterocycles. The molecule has 4 nitrogen and oxygen atoms in total. The molecule has 0 unspecified atom stereocenters. The van der Waals surface area contributed by atoms with Crippen LogP contribution >= 0.6 is 0 Å². The number of anilines is 2. The van der Waals surface area contributed by atoms with Gasteiger partial charge in [-0.2, -0.15) is 0 Å². The van der Waals surface area contributed by atoms with E-state index < -0.39 is 0 Å². The highest BCUT2D eigenvalue weighted by atomic mass is 16.5. The molecule has 1 heterocycles. The third-order valence-corrected chi connectivity index (χ3v) is 5.36. The molecule has 29 heavy (non-hydrogen) atoms. The van der Waals surface area contributed by atoms with Crippen molar-refractivity contribution in [2.45, 2.75) is 33.4 Å². The minimum absolute atomic E-state index is 0.00101. The molecular weight excluding hydrogens is 360 g/mol.